The number of fused-ring (bicyclic) bond motifs is 1. The van der Waals surface area contributed by atoms with Crippen LogP contribution in [0.15, 0.2) is 41.2 Å². The van der Waals surface area contributed by atoms with Crippen molar-refractivity contribution < 1.29 is 24.5 Å². The Labute approximate surface area is 180 Å². The van der Waals surface area contributed by atoms with Crippen LogP contribution in [0.1, 0.15) is 13.8 Å². The molecule has 2 aromatic carbocycles. The van der Waals surface area contributed by atoms with Crippen LogP contribution in [-0.4, -0.2) is 54.3 Å². The molecule has 2 aromatic heterocycles. The van der Waals surface area contributed by atoms with Crippen LogP contribution in [0, 0.1) is 0 Å². The van der Waals surface area contributed by atoms with Gasteiger partial charge in [-0.2, -0.15) is 0 Å². The number of aromatic amines is 2. The molecule has 11 heteroatoms. The standard InChI is InChI=1S/C21H19N5O6/c1-3-31-16-8-11(12-6-13(27)9-14(7-12)32-10(2)21(29)30)4-5-15(16)18-22-19-17(20(28)23-18)24-26-25-19/h4-10,27H,3H2,1-2H3,(H,29,30)(H2,22,23,24,25,26,28)/t10-/m0/s1. The summed E-state index contributed by atoms with van der Waals surface area (Å²) in [6, 6.07) is 9.68. The largest absolute Gasteiger partial charge is 0.508 e. The third-order valence-electron chi connectivity index (χ3n) is 4.62. The number of hydrogen-bond acceptors (Lipinski definition) is 8. The van der Waals surface area contributed by atoms with Crippen molar-refractivity contribution in [2.75, 3.05) is 6.61 Å². The molecule has 0 aliphatic heterocycles. The molecule has 164 valence electrons. The fourth-order valence-electron chi connectivity index (χ4n) is 3.13. The highest BCUT2D eigenvalue weighted by Crippen LogP contribution is 2.35. The monoisotopic (exact) mass is 437 g/mol. The average Bonchev–Trinajstić information content (AvgIpc) is 3.23. The summed E-state index contributed by atoms with van der Waals surface area (Å²) >= 11 is 0. The molecular weight excluding hydrogens is 418 g/mol. The van der Waals surface area contributed by atoms with E-state index in [9.17, 15) is 14.7 Å². The molecule has 0 bridgehead atoms. The minimum Gasteiger partial charge on any atom is -0.508 e. The molecule has 4 rings (SSSR count). The second-order valence-corrected chi connectivity index (χ2v) is 6.88. The van der Waals surface area contributed by atoms with Crippen LogP contribution in [0.4, 0.5) is 0 Å². The Bertz CT molecular complexity index is 1360. The molecular formula is C21H19N5O6. The number of aromatic hydroxyl groups is 1. The maximum absolute atomic E-state index is 12.3. The van der Waals surface area contributed by atoms with Crippen LogP contribution in [0.2, 0.25) is 0 Å². The summed E-state index contributed by atoms with van der Waals surface area (Å²) in [5.41, 5.74) is 1.71. The van der Waals surface area contributed by atoms with E-state index < -0.39 is 17.6 Å². The number of carboxylic acid groups (broad SMARTS) is 1. The fraction of sp³-hybridized carbons (Fsp3) is 0.190. The molecule has 4 N–H and O–H groups in total. The van der Waals surface area contributed by atoms with Gasteiger partial charge in [0.15, 0.2) is 17.3 Å². The Kier molecular flexibility index (Phi) is 5.46. The number of hydrogen-bond donors (Lipinski definition) is 4. The molecule has 2 heterocycles. The molecule has 0 saturated heterocycles. The molecule has 1 atom stereocenters. The molecule has 0 aliphatic carbocycles. The fourth-order valence-corrected chi connectivity index (χ4v) is 3.13. The topological polar surface area (TPSA) is 163 Å². The summed E-state index contributed by atoms with van der Waals surface area (Å²) in [4.78, 5) is 30.4. The second-order valence-electron chi connectivity index (χ2n) is 6.88. The third kappa shape index (κ3) is 4.08. The van der Waals surface area contributed by atoms with Gasteiger partial charge < -0.3 is 24.7 Å². The average molecular weight is 437 g/mol. The first-order valence-corrected chi connectivity index (χ1v) is 9.68. The minimum atomic E-state index is -1.12. The third-order valence-corrected chi connectivity index (χ3v) is 4.62. The van der Waals surface area contributed by atoms with Crippen molar-refractivity contribution in [1.82, 2.24) is 25.4 Å². The molecule has 0 aliphatic rings. The number of phenols is 1. The van der Waals surface area contributed by atoms with Crippen molar-refractivity contribution in [1.29, 1.82) is 0 Å². The number of rotatable bonds is 7. The Morgan fingerprint density at radius 1 is 1.19 bits per heavy atom. The quantitative estimate of drug-likeness (QED) is 0.340. The SMILES string of the molecule is CCOc1cc(-c2cc(O)cc(O[C@@H](C)C(=O)O)c2)ccc1-c1nc2[nH]nnc2c(=O)[nH]1. The van der Waals surface area contributed by atoms with Crippen LogP contribution >= 0.6 is 0 Å². The van der Waals surface area contributed by atoms with Crippen LogP contribution in [0.3, 0.4) is 0 Å². The van der Waals surface area contributed by atoms with E-state index in [1.165, 1.54) is 19.1 Å². The van der Waals surface area contributed by atoms with Gasteiger partial charge in [-0.15, -0.1) is 5.10 Å². The van der Waals surface area contributed by atoms with Crippen molar-refractivity contribution in [2.45, 2.75) is 20.0 Å². The van der Waals surface area contributed by atoms with Crippen LogP contribution in [0.25, 0.3) is 33.7 Å². The number of ether oxygens (including phenoxy) is 2. The van der Waals surface area contributed by atoms with Crippen LogP contribution in [-0.2, 0) is 4.79 Å². The highest BCUT2D eigenvalue weighted by Gasteiger charge is 2.16. The Balaban J connectivity index is 1.77. The van der Waals surface area contributed by atoms with Crippen molar-refractivity contribution in [3.05, 3.63) is 46.8 Å². The molecule has 0 unspecified atom stereocenters. The lowest BCUT2D eigenvalue weighted by molar-refractivity contribution is -0.144. The van der Waals surface area contributed by atoms with Gasteiger partial charge in [0.1, 0.15) is 23.1 Å². The number of carboxylic acids is 1. The van der Waals surface area contributed by atoms with Gasteiger partial charge in [-0.05, 0) is 49.2 Å². The highest BCUT2D eigenvalue weighted by molar-refractivity contribution is 5.77. The summed E-state index contributed by atoms with van der Waals surface area (Å²) in [6.45, 7) is 3.58. The normalized spacial score (nSPS) is 11.9. The van der Waals surface area contributed by atoms with E-state index >= 15 is 0 Å². The van der Waals surface area contributed by atoms with Gasteiger partial charge in [-0.3, -0.25) is 4.79 Å². The number of nitrogens with one attached hydrogen (secondary N) is 2. The van der Waals surface area contributed by atoms with E-state index in [1.807, 2.05) is 6.92 Å². The summed E-state index contributed by atoms with van der Waals surface area (Å²) in [7, 11) is 0. The van der Waals surface area contributed by atoms with E-state index in [1.54, 1.807) is 24.3 Å². The number of phenolic OH excluding ortho intramolecular Hbond substituents is 1. The highest BCUT2D eigenvalue weighted by atomic mass is 16.5. The first-order valence-electron chi connectivity index (χ1n) is 9.68. The van der Waals surface area contributed by atoms with Gasteiger partial charge in [0.05, 0.1) is 12.2 Å². The van der Waals surface area contributed by atoms with E-state index in [0.29, 0.717) is 29.0 Å². The number of aromatic nitrogens is 5. The van der Waals surface area contributed by atoms with Gasteiger partial charge in [0.2, 0.25) is 0 Å². The molecule has 32 heavy (non-hydrogen) atoms. The maximum Gasteiger partial charge on any atom is 0.344 e. The van der Waals surface area contributed by atoms with E-state index in [2.05, 4.69) is 25.4 Å². The van der Waals surface area contributed by atoms with Crippen molar-refractivity contribution in [3.63, 3.8) is 0 Å². The number of aliphatic carboxylic acids is 1. The summed E-state index contributed by atoms with van der Waals surface area (Å²) in [5.74, 6) is -0.271. The van der Waals surface area contributed by atoms with Crippen molar-refractivity contribution >= 4 is 17.1 Å². The first-order chi connectivity index (χ1) is 15.4. The molecule has 0 saturated carbocycles. The van der Waals surface area contributed by atoms with E-state index in [-0.39, 0.29) is 28.5 Å². The lowest BCUT2D eigenvalue weighted by Gasteiger charge is -2.14. The lowest BCUT2D eigenvalue weighted by Crippen LogP contribution is -2.22. The number of H-pyrrole nitrogens is 2. The zero-order valence-electron chi connectivity index (χ0n) is 17.1. The van der Waals surface area contributed by atoms with Gasteiger partial charge in [0, 0.05) is 6.07 Å². The number of benzene rings is 2. The zero-order chi connectivity index (χ0) is 22.8. The van der Waals surface area contributed by atoms with Crippen LogP contribution < -0.4 is 15.0 Å². The number of carbonyl (C=O) groups is 1. The van der Waals surface area contributed by atoms with Gasteiger partial charge in [-0.1, -0.05) is 11.3 Å². The molecule has 4 aromatic rings. The van der Waals surface area contributed by atoms with E-state index in [0.717, 1.165) is 0 Å². The summed E-state index contributed by atoms with van der Waals surface area (Å²) < 4.78 is 11.1. The predicted molar refractivity (Wildman–Crippen MR) is 114 cm³/mol. The summed E-state index contributed by atoms with van der Waals surface area (Å²) in [5, 5.41) is 29.0. The minimum absolute atomic E-state index is 0.0830. The molecule has 0 fully saturated rings. The van der Waals surface area contributed by atoms with Crippen molar-refractivity contribution in [2.24, 2.45) is 0 Å². The smallest absolute Gasteiger partial charge is 0.344 e. The Morgan fingerprint density at radius 2 is 2.00 bits per heavy atom. The lowest BCUT2D eigenvalue weighted by atomic mass is 10.0. The van der Waals surface area contributed by atoms with Gasteiger partial charge in [-0.25, -0.2) is 14.9 Å². The van der Waals surface area contributed by atoms with Crippen molar-refractivity contribution in [3.8, 4) is 39.8 Å². The molecule has 11 nitrogen and oxygen atoms in total. The first kappa shape index (κ1) is 20.8. The molecule has 0 amide bonds. The van der Waals surface area contributed by atoms with E-state index in [4.69, 9.17) is 14.6 Å². The van der Waals surface area contributed by atoms with Crippen LogP contribution in [0.5, 0.6) is 17.2 Å². The summed E-state index contributed by atoms with van der Waals surface area (Å²) in [6.07, 6.45) is -1.08. The second kappa shape index (κ2) is 8.38. The Morgan fingerprint density at radius 3 is 2.75 bits per heavy atom. The Hall–Kier alpha value is -4.41. The molecule has 0 radical (unpaired) electrons. The van der Waals surface area contributed by atoms with Gasteiger partial charge >= 0.3 is 5.97 Å². The maximum atomic E-state index is 12.3. The molecule has 0 spiro atoms. The predicted octanol–water partition coefficient (Wildman–Crippen LogP) is 2.33. The zero-order valence-corrected chi connectivity index (χ0v) is 17.1. The van der Waals surface area contributed by atoms with Gasteiger partial charge in [0.25, 0.3) is 5.56 Å². The number of nitrogens with zero attached hydrogens (tertiary/aromatic N) is 3.